The summed E-state index contributed by atoms with van der Waals surface area (Å²) < 4.78 is 0. The molecule has 0 saturated carbocycles. The summed E-state index contributed by atoms with van der Waals surface area (Å²) in [5.41, 5.74) is 0. The molecule has 0 amide bonds. The van der Waals surface area contributed by atoms with Gasteiger partial charge in [0.05, 0.1) is 0 Å². The van der Waals surface area contributed by atoms with Gasteiger partial charge >= 0.3 is 0 Å². The van der Waals surface area contributed by atoms with Crippen LogP contribution in [0, 0.1) is 5.92 Å². The first-order valence-electron chi connectivity index (χ1n) is 4.72. The minimum absolute atomic E-state index is 0. The maximum atomic E-state index is 3.41. The molecule has 1 fully saturated rings. The van der Waals surface area contributed by atoms with Crippen molar-refractivity contribution in [3.8, 4) is 0 Å². The molecule has 1 N–H and O–H groups in total. The van der Waals surface area contributed by atoms with Crippen LogP contribution < -0.4 is 5.32 Å². The van der Waals surface area contributed by atoms with E-state index in [0.29, 0.717) is 0 Å². The molecule has 1 saturated heterocycles. The molecule has 0 aromatic rings. The van der Waals surface area contributed by atoms with Crippen LogP contribution in [0.25, 0.3) is 0 Å². The Morgan fingerprint density at radius 3 is 2.46 bits per heavy atom. The van der Waals surface area contributed by atoms with E-state index in [-0.39, 0.29) is 24.8 Å². The van der Waals surface area contributed by atoms with E-state index in [1.54, 1.807) is 0 Å². The first kappa shape index (κ1) is 15.9. The molecule has 0 radical (unpaired) electrons. The van der Waals surface area contributed by atoms with Gasteiger partial charge in [-0.15, -0.1) is 24.8 Å². The highest BCUT2D eigenvalue weighted by Gasteiger charge is 2.08. The van der Waals surface area contributed by atoms with Crippen molar-refractivity contribution in [2.24, 2.45) is 5.92 Å². The van der Waals surface area contributed by atoms with Gasteiger partial charge in [-0.2, -0.15) is 0 Å². The van der Waals surface area contributed by atoms with Crippen LogP contribution >= 0.6 is 24.8 Å². The molecule has 1 aliphatic rings. The van der Waals surface area contributed by atoms with Crippen molar-refractivity contribution in [2.75, 3.05) is 32.7 Å². The van der Waals surface area contributed by atoms with Gasteiger partial charge in [-0.05, 0) is 25.4 Å². The summed E-state index contributed by atoms with van der Waals surface area (Å²) in [6, 6.07) is 0. The molecule has 0 spiro atoms. The number of nitrogens with one attached hydrogen (secondary N) is 1. The van der Waals surface area contributed by atoms with Crippen LogP contribution in [0.3, 0.4) is 0 Å². The number of hydrogen-bond acceptors (Lipinski definition) is 2. The fraction of sp³-hybridized carbons (Fsp3) is 1.00. The van der Waals surface area contributed by atoms with Gasteiger partial charge in [-0.25, -0.2) is 0 Å². The molecule has 0 atom stereocenters. The largest absolute Gasteiger partial charge is 0.315 e. The Morgan fingerprint density at radius 1 is 1.15 bits per heavy atom. The molecule has 0 bridgehead atoms. The summed E-state index contributed by atoms with van der Waals surface area (Å²) in [6.07, 6.45) is 1.31. The lowest BCUT2D eigenvalue weighted by Crippen LogP contribution is -2.31. The van der Waals surface area contributed by atoms with E-state index < -0.39 is 0 Å². The van der Waals surface area contributed by atoms with Crippen LogP contribution in [-0.4, -0.2) is 37.6 Å². The average Bonchev–Trinajstić information content (AvgIpc) is 2.14. The number of nitrogens with zero attached hydrogens (tertiary/aromatic N) is 1. The zero-order valence-electron chi connectivity index (χ0n) is 8.58. The van der Waals surface area contributed by atoms with Crippen molar-refractivity contribution >= 4 is 24.8 Å². The fourth-order valence-electron chi connectivity index (χ4n) is 1.60. The first-order valence-corrected chi connectivity index (χ1v) is 4.72. The highest BCUT2D eigenvalue weighted by atomic mass is 35.5. The fourth-order valence-corrected chi connectivity index (χ4v) is 1.60. The molecule has 0 unspecified atom stereocenters. The van der Waals surface area contributed by atoms with Gasteiger partial charge in [0.2, 0.25) is 0 Å². The van der Waals surface area contributed by atoms with E-state index in [1.807, 2.05) is 0 Å². The van der Waals surface area contributed by atoms with Crippen molar-refractivity contribution in [2.45, 2.75) is 20.3 Å². The van der Waals surface area contributed by atoms with Crippen LogP contribution in [0.2, 0.25) is 0 Å². The highest BCUT2D eigenvalue weighted by molar-refractivity contribution is 5.85. The van der Waals surface area contributed by atoms with Crippen molar-refractivity contribution in [1.82, 2.24) is 10.2 Å². The summed E-state index contributed by atoms with van der Waals surface area (Å²) in [5, 5.41) is 3.41. The quantitative estimate of drug-likeness (QED) is 0.776. The summed E-state index contributed by atoms with van der Waals surface area (Å²) in [4.78, 5) is 2.56. The predicted octanol–water partition coefficient (Wildman–Crippen LogP) is 1.78. The molecule has 82 valence electrons. The van der Waals surface area contributed by atoms with Gasteiger partial charge in [0, 0.05) is 19.6 Å². The van der Waals surface area contributed by atoms with Crippen molar-refractivity contribution in [3.05, 3.63) is 0 Å². The predicted molar refractivity (Wildman–Crippen MR) is 63.3 cm³/mol. The topological polar surface area (TPSA) is 15.3 Å². The van der Waals surface area contributed by atoms with Crippen LogP contribution in [0.1, 0.15) is 20.3 Å². The lowest BCUT2D eigenvalue weighted by atomic mass is 10.2. The van der Waals surface area contributed by atoms with E-state index >= 15 is 0 Å². The molecule has 1 heterocycles. The SMILES string of the molecule is CC(C)CN1CCCNCC1.Cl.Cl. The molecule has 0 aromatic heterocycles. The summed E-state index contributed by atoms with van der Waals surface area (Å²) in [6.45, 7) is 10.7. The molecule has 0 aliphatic carbocycles. The zero-order valence-corrected chi connectivity index (χ0v) is 10.2. The molecule has 0 aromatic carbocycles. The minimum atomic E-state index is 0. The van der Waals surface area contributed by atoms with E-state index in [4.69, 9.17) is 0 Å². The highest BCUT2D eigenvalue weighted by Crippen LogP contribution is 2.00. The van der Waals surface area contributed by atoms with Gasteiger partial charge in [0.1, 0.15) is 0 Å². The van der Waals surface area contributed by atoms with E-state index in [0.717, 1.165) is 5.92 Å². The summed E-state index contributed by atoms with van der Waals surface area (Å²) >= 11 is 0. The lowest BCUT2D eigenvalue weighted by molar-refractivity contribution is 0.260. The second-order valence-electron chi connectivity index (χ2n) is 3.80. The summed E-state index contributed by atoms with van der Waals surface area (Å²) in [7, 11) is 0. The maximum Gasteiger partial charge on any atom is 0.0107 e. The summed E-state index contributed by atoms with van der Waals surface area (Å²) in [5.74, 6) is 0.813. The zero-order chi connectivity index (χ0) is 8.10. The number of halogens is 2. The average molecular weight is 229 g/mol. The molecule has 4 heteroatoms. The smallest absolute Gasteiger partial charge is 0.0107 e. The van der Waals surface area contributed by atoms with E-state index in [9.17, 15) is 0 Å². The monoisotopic (exact) mass is 228 g/mol. The third-order valence-electron chi connectivity index (χ3n) is 2.06. The van der Waals surface area contributed by atoms with Crippen molar-refractivity contribution in [3.63, 3.8) is 0 Å². The van der Waals surface area contributed by atoms with Crippen LogP contribution in [0.4, 0.5) is 0 Å². The molecule has 13 heavy (non-hydrogen) atoms. The minimum Gasteiger partial charge on any atom is -0.315 e. The standard InChI is InChI=1S/C9H20N2.2ClH/c1-9(2)8-11-6-3-4-10-5-7-11;;/h9-10H,3-8H2,1-2H3;2*1H. The molecular weight excluding hydrogens is 207 g/mol. The molecular formula is C9H22Cl2N2. The second-order valence-corrected chi connectivity index (χ2v) is 3.80. The molecule has 1 aliphatic heterocycles. The number of rotatable bonds is 2. The molecule has 1 rings (SSSR count). The Balaban J connectivity index is 0. The van der Waals surface area contributed by atoms with E-state index in [2.05, 4.69) is 24.1 Å². The third-order valence-corrected chi connectivity index (χ3v) is 2.06. The lowest BCUT2D eigenvalue weighted by Gasteiger charge is -2.21. The molecule has 2 nitrogen and oxygen atoms in total. The van der Waals surface area contributed by atoms with Gasteiger partial charge in [-0.3, -0.25) is 0 Å². The van der Waals surface area contributed by atoms with E-state index in [1.165, 1.54) is 39.1 Å². The Kier molecular flexibility index (Phi) is 11.1. The Hall–Kier alpha value is 0.500. The van der Waals surface area contributed by atoms with Crippen LogP contribution in [0.5, 0.6) is 0 Å². The maximum absolute atomic E-state index is 3.41. The van der Waals surface area contributed by atoms with Crippen molar-refractivity contribution < 1.29 is 0 Å². The Bertz CT molecular complexity index is 102. The van der Waals surface area contributed by atoms with Crippen molar-refractivity contribution in [1.29, 1.82) is 0 Å². The van der Waals surface area contributed by atoms with Crippen LogP contribution in [-0.2, 0) is 0 Å². The van der Waals surface area contributed by atoms with Gasteiger partial charge in [0.25, 0.3) is 0 Å². The first-order chi connectivity index (χ1) is 5.29. The Morgan fingerprint density at radius 2 is 1.85 bits per heavy atom. The normalized spacial score (nSPS) is 18.7. The van der Waals surface area contributed by atoms with Gasteiger partial charge in [-0.1, -0.05) is 13.8 Å². The Labute approximate surface area is 94.3 Å². The second kappa shape index (κ2) is 9.07. The third kappa shape index (κ3) is 7.56. The van der Waals surface area contributed by atoms with Crippen LogP contribution in [0.15, 0.2) is 0 Å². The van der Waals surface area contributed by atoms with Gasteiger partial charge in [0.15, 0.2) is 0 Å². The van der Waals surface area contributed by atoms with Gasteiger partial charge < -0.3 is 10.2 Å². The number of hydrogen-bond donors (Lipinski definition) is 1.